The zero-order valence-corrected chi connectivity index (χ0v) is 12.2. The molecule has 1 heterocycles. The Morgan fingerprint density at radius 1 is 1.20 bits per heavy atom. The zero-order valence-electron chi connectivity index (χ0n) is 12.2. The number of nitrogens with zero attached hydrogens (tertiary/aromatic N) is 1. The molecule has 0 atom stereocenters. The number of amides is 2. The van der Waals surface area contributed by atoms with Crippen LogP contribution in [0.4, 0.5) is 0 Å². The van der Waals surface area contributed by atoms with Crippen LogP contribution in [0.2, 0.25) is 0 Å². The average Bonchev–Trinajstić information content (AvgIpc) is 2.48. The van der Waals surface area contributed by atoms with Crippen molar-refractivity contribution in [1.29, 1.82) is 0 Å². The van der Waals surface area contributed by atoms with Gasteiger partial charge < -0.3 is 10.2 Å². The molecule has 106 valence electrons. The van der Waals surface area contributed by atoms with Gasteiger partial charge in [0.15, 0.2) is 0 Å². The highest BCUT2D eigenvalue weighted by molar-refractivity contribution is 5.96. The van der Waals surface area contributed by atoms with Crippen molar-refractivity contribution < 1.29 is 9.59 Å². The Morgan fingerprint density at radius 2 is 1.95 bits per heavy atom. The fourth-order valence-corrected chi connectivity index (χ4v) is 2.28. The van der Waals surface area contributed by atoms with E-state index in [0.29, 0.717) is 25.1 Å². The van der Waals surface area contributed by atoms with Crippen molar-refractivity contribution in [3.05, 3.63) is 46.5 Å². The Morgan fingerprint density at radius 3 is 2.50 bits per heavy atom. The number of nitrogens with one attached hydrogen (secondary N) is 1. The van der Waals surface area contributed by atoms with Crippen molar-refractivity contribution in [3.63, 3.8) is 0 Å². The van der Waals surface area contributed by atoms with Crippen molar-refractivity contribution in [2.24, 2.45) is 0 Å². The number of likely N-dealkylation sites (N-methyl/N-ethyl adjacent to an activating group) is 1. The molecule has 1 aliphatic heterocycles. The van der Waals surface area contributed by atoms with Crippen LogP contribution in [0.5, 0.6) is 0 Å². The second-order valence-corrected chi connectivity index (χ2v) is 5.11. The molecule has 2 rings (SSSR count). The van der Waals surface area contributed by atoms with Crippen LogP contribution in [0.25, 0.3) is 0 Å². The summed E-state index contributed by atoms with van der Waals surface area (Å²) in [6, 6.07) is 5.76. The molecule has 1 aromatic carbocycles. The first-order valence-electron chi connectivity index (χ1n) is 6.80. The summed E-state index contributed by atoms with van der Waals surface area (Å²) in [6.07, 6.45) is 2.44. The van der Waals surface area contributed by atoms with E-state index in [1.807, 2.05) is 38.1 Å². The van der Waals surface area contributed by atoms with E-state index >= 15 is 0 Å². The predicted octanol–water partition coefficient (Wildman–Crippen LogP) is 1.82. The van der Waals surface area contributed by atoms with Gasteiger partial charge in [0.25, 0.3) is 5.91 Å². The third-order valence-corrected chi connectivity index (χ3v) is 3.77. The normalized spacial score (nSPS) is 14.8. The lowest BCUT2D eigenvalue weighted by molar-refractivity contribution is -0.117. The van der Waals surface area contributed by atoms with Gasteiger partial charge in [-0.3, -0.25) is 9.59 Å². The maximum Gasteiger partial charge on any atom is 0.254 e. The monoisotopic (exact) mass is 272 g/mol. The van der Waals surface area contributed by atoms with Crippen LogP contribution in [0.15, 0.2) is 29.8 Å². The van der Waals surface area contributed by atoms with Gasteiger partial charge in [-0.15, -0.1) is 0 Å². The van der Waals surface area contributed by atoms with Gasteiger partial charge in [-0.05, 0) is 43.5 Å². The SMILES string of the molecule is CNC(=O)C1=CCN(C(=O)c2ccc(C)c(C)c2)CC1. The Kier molecular flexibility index (Phi) is 4.23. The lowest BCUT2D eigenvalue weighted by atomic mass is 10.0. The fraction of sp³-hybridized carbons (Fsp3) is 0.375. The number of benzene rings is 1. The molecule has 0 radical (unpaired) electrons. The molecule has 2 amide bonds. The molecule has 1 N–H and O–H groups in total. The van der Waals surface area contributed by atoms with Crippen LogP contribution >= 0.6 is 0 Å². The standard InChI is InChI=1S/C16H20N2O2/c1-11-4-5-14(10-12(11)2)16(20)18-8-6-13(7-9-18)15(19)17-3/h4-6,10H,7-9H2,1-3H3,(H,17,19). The van der Waals surface area contributed by atoms with Crippen LogP contribution in [-0.4, -0.2) is 36.9 Å². The second kappa shape index (κ2) is 5.90. The van der Waals surface area contributed by atoms with E-state index in [-0.39, 0.29) is 11.8 Å². The summed E-state index contributed by atoms with van der Waals surface area (Å²) in [5.74, 6) is -0.0245. The summed E-state index contributed by atoms with van der Waals surface area (Å²) in [4.78, 5) is 25.7. The molecule has 1 aliphatic rings. The van der Waals surface area contributed by atoms with Gasteiger partial charge in [-0.2, -0.15) is 0 Å². The van der Waals surface area contributed by atoms with Gasteiger partial charge in [-0.1, -0.05) is 12.1 Å². The van der Waals surface area contributed by atoms with Crippen LogP contribution in [0.3, 0.4) is 0 Å². The van der Waals surface area contributed by atoms with Crippen molar-refractivity contribution in [3.8, 4) is 0 Å². The third-order valence-electron chi connectivity index (χ3n) is 3.77. The molecular formula is C16H20N2O2. The van der Waals surface area contributed by atoms with E-state index in [4.69, 9.17) is 0 Å². The van der Waals surface area contributed by atoms with Crippen LogP contribution in [0, 0.1) is 13.8 Å². The summed E-state index contributed by atoms with van der Waals surface area (Å²) < 4.78 is 0. The highest BCUT2D eigenvalue weighted by Gasteiger charge is 2.21. The highest BCUT2D eigenvalue weighted by Crippen LogP contribution is 2.16. The minimum absolute atomic E-state index is 0.0281. The first kappa shape index (κ1) is 14.3. The molecule has 0 bridgehead atoms. The van der Waals surface area contributed by atoms with E-state index in [0.717, 1.165) is 11.1 Å². The molecule has 0 spiro atoms. The minimum atomic E-state index is -0.0525. The highest BCUT2D eigenvalue weighted by atomic mass is 16.2. The third kappa shape index (κ3) is 2.90. The van der Waals surface area contributed by atoms with Crippen molar-refractivity contribution in [2.75, 3.05) is 20.1 Å². The summed E-state index contributed by atoms with van der Waals surface area (Å²) in [5.41, 5.74) is 3.78. The smallest absolute Gasteiger partial charge is 0.254 e. The lowest BCUT2D eigenvalue weighted by Crippen LogP contribution is -2.37. The van der Waals surface area contributed by atoms with E-state index in [1.54, 1.807) is 11.9 Å². The molecule has 1 aromatic rings. The van der Waals surface area contributed by atoms with Gasteiger partial charge >= 0.3 is 0 Å². The largest absolute Gasteiger partial charge is 0.355 e. The zero-order chi connectivity index (χ0) is 14.7. The maximum absolute atomic E-state index is 12.4. The molecule has 20 heavy (non-hydrogen) atoms. The molecule has 0 aliphatic carbocycles. The summed E-state index contributed by atoms with van der Waals surface area (Å²) in [7, 11) is 1.62. The number of rotatable bonds is 2. The molecule has 0 aromatic heterocycles. The maximum atomic E-state index is 12.4. The number of hydrogen-bond donors (Lipinski definition) is 1. The Labute approximate surface area is 119 Å². The quantitative estimate of drug-likeness (QED) is 0.893. The second-order valence-electron chi connectivity index (χ2n) is 5.11. The predicted molar refractivity (Wildman–Crippen MR) is 78.6 cm³/mol. The van der Waals surface area contributed by atoms with Crippen LogP contribution in [-0.2, 0) is 4.79 Å². The first-order valence-corrected chi connectivity index (χ1v) is 6.80. The number of aryl methyl sites for hydroxylation is 2. The summed E-state index contributed by atoms with van der Waals surface area (Å²) in [5, 5.41) is 2.61. The van der Waals surface area contributed by atoms with Crippen molar-refractivity contribution >= 4 is 11.8 Å². The molecule has 4 heteroatoms. The van der Waals surface area contributed by atoms with E-state index in [2.05, 4.69) is 5.32 Å². The molecule has 0 saturated carbocycles. The Hall–Kier alpha value is -2.10. The topological polar surface area (TPSA) is 49.4 Å². The molecule has 0 fully saturated rings. The summed E-state index contributed by atoms with van der Waals surface area (Å²) >= 11 is 0. The number of hydrogen-bond acceptors (Lipinski definition) is 2. The van der Waals surface area contributed by atoms with Gasteiger partial charge in [0.05, 0.1) is 0 Å². The molecular weight excluding hydrogens is 252 g/mol. The van der Waals surface area contributed by atoms with Crippen molar-refractivity contribution in [1.82, 2.24) is 10.2 Å². The van der Waals surface area contributed by atoms with Gasteiger partial charge in [-0.25, -0.2) is 0 Å². The molecule has 0 unspecified atom stereocenters. The van der Waals surface area contributed by atoms with Gasteiger partial charge in [0.1, 0.15) is 0 Å². The molecule has 0 saturated heterocycles. The summed E-state index contributed by atoms with van der Waals surface area (Å²) in [6.45, 7) is 5.12. The van der Waals surface area contributed by atoms with Crippen LogP contribution in [0.1, 0.15) is 27.9 Å². The van der Waals surface area contributed by atoms with E-state index in [9.17, 15) is 9.59 Å². The number of carbonyl (C=O) groups is 2. The van der Waals surface area contributed by atoms with E-state index in [1.165, 1.54) is 5.56 Å². The Bertz CT molecular complexity index is 576. The first-order chi connectivity index (χ1) is 9.52. The fourth-order valence-electron chi connectivity index (χ4n) is 2.28. The number of carbonyl (C=O) groups excluding carboxylic acids is 2. The Balaban J connectivity index is 2.10. The lowest BCUT2D eigenvalue weighted by Gasteiger charge is -2.26. The minimum Gasteiger partial charge on any atom is -0.355 e. The van der Waals surface area contributed by atoms with E-state index < -0.39 is 0 Å². The van der Waals surface area contributed by atoms with Crippen LogP contribution < -0.4 is 5.32 Å². The van der Waals surface area contributed by atoms with Gasteiger partial charge in [0.2, 0.25) is 5.91 Å². The van der Waals surface area contributed by atoms with Crippen molar-refractivity contribution in [2.45, 2.75) is 20.3 Å². The molecule has 4 nitrogen and oxygen atoms in total. The average molecular weight is 272 g/mol. The van der Waals surface area contributed by atoms with Gasteiger partial charge in [0, 0.05) is 31.3 Å².